The molecule has 1 heterocycles. The van der Waals surface area contributed by atoms with Gasteiger partial charge < -0.3 is 14.5 Å². The number of fused-ring (bicyclic) bond motifs is 1. The maximum absolute atomic E-state index is 12.6. The zero-order valence-electron chi connectivity index (χ0n) is 16.4. The zero-order valence-corrected chi connectivity index (χ0v) is 17.9. The molecular weight excluding hydrogens is 437 g/mol. The first-order valence-electron chi connectivity index (χ1n) is 9.46. The molecule has 0 aliphatic carbocycles. The first-order chi connectivity index (χ1) is 14.9. The van der Waals surface area contributed by atoms with Gasteiger partial charge in [-0.05, 0) is 55.0 Å². The van der Waals surface area contributed by atoms with Crippen molar-refractivity contribution in [3.8, 4) is 16.9 Å². The summed E-state index contributed by atoms with van der Waals surface area (Å²) in [6.45, 7) is 1.61. The summed E-state index contributed by atoms with van der Waals surface area (Å²) < 4.78 is 11.1. The lowest BCUT2D eigenvalue weighted by Gasteiger charge is -2.16. The highest BCUT2D eigenvalue weighted by molar-refractivity contribution is 6.35. The third-order valence-electron chi connectivity index (χ3n) is 4.65. The van der Waals surface area contributed by atoms with Crippen molar-refractivity contribution < 1.29 is 13.9 Å². The summed E-state index contributed by atoms with van der Waals surface area (Å²) >= 11 is 12.0. The van der Waals surface area contributed by atoms with Gasteiger partial charge in [0, 0.05) is 16.1 Å². The van der Waals surface area contributed by atoms with E-state index in [1.54, 1.807) is 61.5 Å². The number of para-hydroxylation sites is 1. The van der Waals surface area contributed by atoms with Crippen LogP contribution in [0.4, 0.5) is 5.69 Å². The molecule has 0 saturated carbocycles. The van der Waals surface area contributed by atoms with Gasteiger partial charge in [0.25, 0.3) is 5.91 Å². The highest BCUT2D eigenvalue weighted by Gasteiger charge is 2.17. The lowest BCUT2D eigenvalue weighted by Crippen LogP contribution is -2.30. The fraction of sp³-hybridized carbons (Fsp3) is 0.0833. The largest absolute Gasteiger partial charge is 0.479 e. The van der Waals surface area contributed by atoms with Crippen molar-refractivity contribution in [3.63, 3.8) is 0 Å². The molecule has 4 aromatic rings. The summed E-state index contributed by atoms with van der Waals surface area (Å²) in [5, 5.41) is 4.40. The van der Waals surface area contributed by atoms with Crippen LogP contribution in [0.25, 0.3) is 22.1 Å². The number of hydrogen-bond acceptors (Lipinski definition) is 4. The lowest BCUT2D eigenvalue weighted by atomic mass is 10.1. The number of benzene rings is 3. The van der Waals surface area contributed by atoms with Crippen LogP contribution in [0.15, 0.2) is 82.0 Å². The maximum atomic E-state index is 12.6. The average molecular weight is 454 g/mol. The summed E-state index contributed by atoms with van der Waals surface area (Å²) in [6, 6.07) is 20.8. The van der Waals surface area contributed by atoms with Crippen LogP contribution in [0.1, 0.15) is 6.92 Å². The number of carbonyl (C=O) groups excluding carboxylic acids is 1. The number of anilines is 1. The molecule has 0 saturated heterocycles. The normalized spacial score (nSPS) is 11.8. The highest BCUT2D eigenvalue weighted by atomic mass is 35.5. The Morgan fingerprint density at radius 3 is 2.61 bits per heavy atom. The third kappa shape index (κ3) is 4.74. The molecule has 1 aromatic heterocycles. The monoisotopic (exact) mass is 453 g/mol. The number of carbonyl (C=O) groups is 1. The summed E-state index contributed by atoms with van der Waals surface area (Å²) in [6.07, 6.45) is -0.812. The van der Waals surface area contributed by atoms with Gasteiger partial charge in [-0.2, -0.15) is 0 Å². The fourth-order valence-electron chi connectivity index (χ4n) is 3.09. The average Bonchev–Trinajstić information content (AvgIpc) is 2.75. The van der Waals surface area contributed by atoms with Gasteiger partial charge in [-0.15, -0.1) is 0 Å². The van der Waals surface area contributed by atoms with Crippen molar-refractivity contribution >= 4 is 45.8 Å². The molecule has 1 unspecified atom stereocenters. The lowest BCUT2D eigenvalue weighted by molar-refractivity contribution is -0.122. The van der Waals surface area contributed by atoms with Crippen molar-refractivity contribution in [2.75, 3.05) is 5.32 Å². The molecule has 0 fully saturated rings. The molecule has 0 aliphatic heterocycles. The van der Waals surface area contributed by atoms with E-state index in [1.807, 2.05) is 18.2 Å². The van der Waals surface area contributed by atoms with Crippen molar-refractivity contribution in [1.82, 2.24) is 0 Å². The first-order valence-corrected chi connectivity index (χ1v) is 10.2. The van der Waals surface area contributed by atoms with Gasteiger partial charge in [-0.1, -0.05) is 53.5 Å². The van der Waals surface area contributed by atoms with E-state index >= 15 is 0 Å². The smallest absolute Gasteiger partial charge is 0.344 e. The second-order valence-corrected chi connectivity index (χ2v) is 7.73. The minimum atomic E-state index is -0.812. The first kappa shape index (κ1) is 21.0. The van der Waals surface area contributed by atoms with E-state index in [2.05, 4.69) is 5.32 Å². The highest BCUT2D eigenvalue weighted by Crippen LogP contribution is 2.29. The standard InChI is InChI=1S/C24H17Cl2NO4/c1-14(30-22-10-9-17(25)13-20(22)26)23(28)27-18-7-4-6-15(11-18)19-12-16-5-2-3-8-21(16)31-24(19)29/h2-14H,1H3,(H,27,28). The van der Waals surface area contributed by atoms with Gasteiger partial charge in [-0.25, -0.2) is 4.79 Å². The summed E-state index contributed by atoms with van der Waals surface area (Å²) in [7, 11) is 0. The van der Waals surface area contributed by atoms with Gasteiger partial charge in [-0.3, -0.25) is 4.79 Å². The molecule has 156 valence electrons. The summed E-state index contributed by atoms with van der Waals surface area (Å²) in [4.78, 5) is 25.0. The van der Waals surface area contributed by atoms with Crippen molar-refractivity contribution in [2.24, 2.45) is 0 Å². The topological polar surface area (TPSA) is 68.5 Å². The Hall–Kier alpha value is -3.28. The number of halogens is 2. The second kappa shape index (κ2) is 8.84. The summed E-state index contributed by atoms with van der Waals surface area (Å²) in [5.41, 5.74) is 1.63. The number of ether oxygens (including phenoxy) is 1. The number of rotatable bonds is 5. The Morgan fingerprint density at radius 1 is 1.00 bits per heavy atom. The van der Waals surface area contributed by atoms with Crippen LogP contribution in [0.2, 0.25) is 10.0 Å². The SMILES string of the molecule is CC(Oc1ccc(Cl)cc1Cl)C(=O)Nc1cccc(-c2cc3ccccc3oc2=O)c1. The van der Waals surface area contributed by atoms with Gasteiger partial charge in [0.1, 0.15) is 11.3 Å². The van der Waals surface area contributed by atoms with Crippen LogP contribution < -0.4 is 15.7 Å². The number of amides is 1. The molecule has 1 atom stereocenters. The van der Waals surface area contributed by atoms with E-state index in [1.165, 1.54) is 0 Å². The minimum absolute atomic E-state index is 0.317. The van der Waals surface area contributed by atoms with E-state index in [0.29, 0.717) is 38.2 Å². The van der Waals surface area contributed by atoms with Crippen LogP contribution in [0, 0.1) is 0 Å². The Labute approximate surface area is 188 Å². The maximum Gasteiger partial charge on any atom is 0.344 e. The number of nitrogens with one attached hydrogen (secondary N) is 1. The molecule has 1 amide bonds. The van der Waals surface area contributed by atoms with Crippen LogP contribution in [-0.4, -0.2) is 12.0 Å². The van der Waals surface area contributed by atoms with E-state index < -0.39 is 11.7 Å². The molecule has 31 heavy (non-hydrogen) atoms. The van der Waals surface area contributed by atoms with Gasteiger partial charge in [0.15, 0.2) is 6.10 Å². The molecule has 7 heteroatoms. The Morgan fingerprint density at radius 2 is 1.81 bits per heavy atom. The van der Waals surface area contributed by atoms with E-state index in [0.717, 1.165) is 5.39 Å². The van der Waals surface area contributed by atoms with Gasteiger partial charge in [0.05, 0.1) is 10.6 Å². The molecule has 0 radical (unpaired) electrons. The van der Waals surface area contributed by atoms with Crippen molar-refractivity contribution in [2.45, 2.75) is 13.0 Å². The predicted octanol–water partition coefficient (Wildman–Crippen LogP) is 6.17. The zero-order chi connectivity index (χ0) is 22.0. The molecule has 0 spiro atoms. The van der Waals surface area contributed by atoms with Crippen LogP contribution in [0.5, 0.6) is 5.75 Å². The predicted molar refractivity (Wildman–Crippen MR) is 123 cm³/mol. The Bertz CT molecular complexity index is 1330. The molecule has 3 aromatic carbocycles. The molecule has 5 nitrogen and oxygen atoms in total. The van der Waals surface area contributed by atoms with Crippen LogP contribution in [0.3, 0.4) is 0 Å². The van der Waals surface area contributed by atoms with Crippen LogP contribution in [-0.2, 0) is 4.79 Å². The quantitative estimate of drug-likeness (QED) is 0.366. The minimum Gasteiger partial charge on any atom is -0.479 e. The van der Waals surface area contributed by atoms with E-state index in [-0.39, 0.29) is 5.91 Å². The van der Waals surface area contributed by atoms with Crippen LogP contribution >= 0.6 is 23.2 Å². The van der Waals surface area contributed by atoms with Gasteiger partial charge in [0.2, 0.25) is 0 Å². The van der Waals surface area contributed by atoms with Crippen molar-refractivity contribution in [3.05, 3.63) is 93.3 Å². The molecule has 4 rings (SSSR count). The molecular formula is C24H17Cl2NO4. The molecule has 0 aliphatic rings. The summed E-state index contributed by atoms with van der Waals surface area (Å²) in [5.74, 6) is -0.00930. The molecule has 1 N–H and O–H groups in total. The fourth-order valence-corrected chi connectivity index (χ4v) is 3.54. The van der Waals surface area contributed by atoms with Crippen molar-refractivity contribution in [1.29, 1.82) is 0 Å². The number of hydrogen-bond donors (Lipinski definition) is 1. The second-order valence-electron chi connectivity index (χ2n) is 6.89. The van der Waals surface area contributed by atoms with E-state index in [4.69, 9.17) is 32.4 Å². The Balaban J connectivity index is 1.54. The Kier molecular flexibility index (Phi) is 5.98. The third-order valence-corrected chi connectivity index (χ3v) is 5.18. The molecule has 0 bridgehead atoms. The van der Waals surface area contributed by atoms with Gasteiger partial charge >= 0.3 is 5.63 Å². The van der Waals surface area contributed by atoms with E-state index in [9.17, 15) is 9.59 Å².